The maximum atomic E-state index is 4.45. The first-order valence-electron chi connectivity index (χ1n) is 7.65. The second-order valence-corrected chi connectivity index (χ2v) is 6.44. The van der Waals surface area contributed by atoms with Gasteiger partial charge in [0.05, 0.1) is 11.3 Å². The number of rotatable bonds is 3. The summed E-state index contributed by atoms with van der Waals surface area (Å²) in [7, 11) is 0. The summed E-state index contributed by atoms with van der Waals surface area (Å²) in [6.07, 6.45) is 1.79. The molecule has 0 aliphatic carbocycles. The third-order valence-corrected chi connectivity index (χ3v) is 4.71. The van der Waals surface area contributed by atoms with Gasteiger partial charge in [-0.1, -0.05) is 40.3 Å². The van der Waals surface area contributed by atoms with Crippen LogP contribution in [0.15, 0.2) is 60.1 Å². The molecule has 126 valence electrons. The van der Waals surface area contributed by atoms with Crippen molar-refractivity contribution in [2.75, 3.05) is 0 Å². The molecule has 4 rings (SSSR count). The number of hydrogen-bond donors (Lipinski definition) is 0. The molecule has 4 aromatic rings. The van der Waals surface area contributed by atoms with Crippen molar-refractivity contribution in [3.8, 4) is 22.2 Å². The highest BCUT2D eigenvalue weighted by molar-refractivity contribution is 7.11. The molecule has 0 spiro atoms. The summed E-state index contributed by atoms with van der Waals surface area (Å²) in [5.74, 6) is 0.775. The second kappa shape index (κ2) is 7.25. The Balaban J connectivity index is 0.00000182. The van der Waals surface area contributed by atoms with Crippen LogP contribution in [0.2, 0.25) is 0 Å². The first-order valence-corrected chi connectivity index (χ1v) is 8.53. The zero-order valence-corrected chi connectivity index (χ0v) is 16.2. The summed E-state index contributed by atoms with van der Waals surface area (Å²) in [6.45, 7) is 4.21. The van der Waals surface area contributed by atoms with Gasteiger partial charge in [-0.15, -0.1) is 4.98 Å². The van der Waals surface area contributed by atoms with Gasteiger partial charge in [-0.05, 0) is 54.0 Å². The Morgan fingerprint density at radius 1 is 1.00 bits per heavy atom. The van der Waals surface area contributed by atoms with E-state index in [0.717, 1.165) is 22.2 Å². The Labute approximate surface area is 160 Å². The number of aryl methyl sites for hydroxylation is 2. The van der Waals surface area contributed by atoms with Crippen molar-refractivity contribution in [3.63, 3.8) is 0 Å². The van der Waals surface area contributed by atoms with Gasteiger partial charge in [0.15, 0.2) is 0 Å². The van der Waals surface area contributed by atoms with Crippen molar-refractivity contribution >= 4 is 11.3 Å². The molecule has 0 aliphatic rings. The summed E-state index contributed by atoms with van der Waals surface area (Å²) < 4.78 is 1.95. The average Bonchev–Trinajstić information content (AvgIpc) is 3.27. The van der Waals surface area contributed by atoms with Crippen molar-refractivity contribution < 1.29 is 21.7 Å². The van der Waals surface area contributed by atoms with Crippen molar-refractivity contribution in [1.29, 1.82) is 0 Å². The number of nitrogens with zero attached hydrogens (tertiary/aromatic N) is 5. The maximum Gasteiger partial charge on any atom is 0.313 e. The molecule has 0 saturated carbocycles. The average molecular weight is 414 g/mol. The predicted molar refractivity (Wildman–Crippen MR) is 93.5 cm³/mol. The lowest BCUT2D eigenvalue weighted by Crippen LogP contribution is -3.00. The Morgan fingerprint density at radius 2 is 1.80 bits per heavy atom. The number of tetrazole rings is 1. The summed E-state index contributed by atoms with van der Waals surface area (Å²) in [6, 6.07) is 16.3. The molecule has 0 aliphatic heterocycles. The zero-order valence-electron chi connectivity index (χ0n) is 13.8. The van der Waals surface area contributed by atoms with Crippen LogP contribution in [-0.2, 0) is 0 Å². The van der Waals surface area contributed by atoms with E-state index in [1.54, 1.807) is 22.3 Å². The fraction of sp³-hybridized carbons (Fsp3) is 0.111. The molecule has 0 N–H and O–H groups in total. The van der Waals surface area contributed by atoms with Crippen LogP contribution in [0.25, 0.3) is 22.2 Å². The Bertz CT molecular complexity index is 980. The van der Waals surface area contributed by atoms with Crippen LogP contribution in [-0.4, -0.2) is 20.1 Å². The lowest BCUT2D eigenvalue weighted by molar-refractivity contribution is -0.669. The molecule has 0 atom stereocenters. The van der Waals surface area contributed by atoms with E-state index in [9.17, 15) is 0 Å². The molecule has 0 unspecified atom stereocenters. The molecule has 0 saturated heterocycles. The molecule has 2 heterocycles. The quantitative estimate of drug-likeness (QED) is 0.453. The third-order valence-electron chi connectivity index (χ3n) is 3.97. The van der Waals surface area contributed by atoms with Crippen LogP contribution < -0.4 is 21.7 Å². The Hall–Kier alpha value is -2.38. The van der Waals surface area contributed by atoms with Gasteiger partial charge in [-0.25, -0.2) is 0 Å². The summed E-state index contributed by atoms with van der Waals surface area (Å²) in [5, 5.41) is 11.6. The molecule has 0 fully saturated rings. The van der Waals surface area contributed by atoms with Gasteiger partial charge in [0.2, 0.25) is 0 Å². The summed E-state index contributed by atoms with van der Waals surface area (Å²) in [4.78, 5) is 6.23. The van der Waals surface area contributed by atoms with Crippen LogP contribution in [0.3, 0.4) is 0 Å². The SMILES string of the molecule is Cc1ccc(-c2nnn(-c3ccccc3)[n+]2-c2nccs2)cc1C.[Br-]. The number of aromatic nitrogens is 5. The maximum absolute atomic E-state index is 4.45. The Kier molecular flexibility index (Phi) is 5.06. The minimum absolute atomic E-state index is 0. The highest BCUT2D eigenvalue weighted by Crippen LogP contribution is 2.20. The van der Waals surface area contributed by atoms with Crippen LogP contribution >= 0.6 is 11.3 Å². The number of benzene rings is 2. The van der Waals surface area contributed by atoms with E-state index >= 15 is 0 Å². The standard InChI is InChI=1S/C18H16N5S.BrH/c1-13-8-9-15(12-14(13)2)17-20-21-23(16-6-4-3-5-7-16)22(17)18-19-10-11-24-18;/h3-12H,1-2H3;1H/q+1;/p-1. The molecule has 7 heteroatoms. The zero-order chi connectivity index (χ0) is 16.5. The largest absolute Gasteiger partial charge is 1.00 e. The van der Waals surface area contributed by atoms with Crippen LogP contribution in [0.5, 0.6) is 0 Å². The number of halogens is 1. The number of hydrogen-bond acceptors (Lipinski definition) is 4. The summed E-state index contributed by atoms with van der Waals surface area (Å²) in [5.41, 5.74) is 4.45. The topological polar surface area (TPSA) is 47.5 Å². The fourth-order valence-electron chi connectivity index (χ4n) is 2.54. The van der Waals surface area contributed by atoms with E-state index in [1.165, 1.54) is 11.1 Å². The van der Waals surface area contributed by atoms with Crippen molar-refractivity contribution in [1.82, 2.24) is 20.1 Å². The van der Waals surface area contributed by atoms with Crippen LogP contribution in [0.4, 0.5) is 0 Å². The molecule has 0 amide bonds. The molecule has 2 aromatic heterocycles. The molecular formula is C18H16BrN5S. The highest BCUT2D eigenvalue weighted by atomic mass is 79.9. The van der Waals surface area contributed by atoms with E-state index in [1.807, 2.05) is 40.4 Å². The van der Waals surface area contributed by atoms with E-state index < -0.39 is 0 Å². The van der Waals surface area contributed by atoms with Gasteiger partial charge < -0.3 is 17.0 Å². The minimum Gasteiger partial charge on any atom is -1.00 e. The second-order valence-electron chi connectivity index (χ2n) is 5.56. The molecular weight excluding hydrogens is 398 g/mol. The lowest BCUT2D eigenvalue weighted by Gasteiger charge is -2.04. The van der Waals surface area contributed by atoms with Gasteiger partial charge in [0.1, 0.15) is 10.9 Å². The number of para-hydroxylation sites is 1. The highest BCUT2D eigenvalue weighted by Gasteiger charge is 2.25. The van der Waals surface area contributed by atoms with Gasteiger partial charge in [0.25, 0.3) is 0 Å². The van der Waals surface area contributed by atoms with Gasteiger partial charge >= 0.3 is 11.0 Å². The van der Waals surface area contributed by atoms with Gasteiger partial charge in [-0.3, -0.25) is 0 Å². The van der Waals surface area contributed by atoms with Gasteiger partial charge in [-0.2, -0.15) is 0 Å². The van der Waals surface area contributed by atoms with Crippen LogP contribution in [0, 0.1) is 13.8 Å². The smallest absolute Gasteiger partial charge is 0.313 e. The first kappa shape index (κ1) is 17.4. The van der Waals surface area contributed by atoms with E-state index in [4.69, 9.17) is 0 Å². The van der Waals surface area contributed by atoms with E-state index in [2.05, 4.69) is 47.3 Å². The van der Waals surface area contributed by atoms with Crippen LogP contribution in [0.1, 0.15) is 11.1 Å². The summed E-state index contributed by atoms with van der Waals surface area (Å²) >= 11 is 1.56. The van der Waals surface area contributed by atoms with E-state index in [0.29, 0.717) is 0 Å². The van der Waals surface area contributed by atoms with Crippen molar-refractivity contribution in [2.24, 2.45) is 0 Å². The third kappa shape index (κ3) is 3.25. The van der Waals surface area contributed by atoms with E-state index in [-0.39, 0.29) is 17.0 Å². The predicted octanol–water partition coefficient (Wildman–Crippen LogP) is 0.288. The van der Waals surface area contributed by atoms with Crippen molar-refractivity contribution in [2.45, 2.75) is 13.8 Å². The van der Waals surface area contributed by atoms with Gasteiger partial charge in [0, 0.05) is 10.9 Å². The number of thiazole rings is 1. The van der Waals surface area contributed by atoms with Crippen molar-refractivity contribution in [3.05, 3.63) is 71.2 Å². The first-order chi connectivity index (χ1) is 11.7. The molecule has 5 nitrogen and oxygen atoms in total. The lowest BCUT2D eigenvalue weighted by atomic mass is 10.1. The normalized spacial score (nSPS) is 10.5. The fourth-order valence-corrected chi connectivity index (χ4v) is 3.17. The molecule has 0 bridgehead atoms. The monoisotopic (exact) mass is 413 g/mol. The minimum atomic E-state index is 0. The molecule has 2 aromatic carbocycles. The molecule has 25 heavy (non-hydrogen) atoms. The Morgan fingerprint density at radius 3 is 2.48 bits per heavy atom. The molecule has 0 radical (unpaired) electrons.